The summed E-state index contributed by atoms with van der Waals surface area (Å²) in [7, 11) is 0. The number of carboxylic acid groups (broad SMARTS) is 1. The fourth-order valence-corrected chi connectivity index (χ4v) is 3.81. The molecular formula is C12H12N2O5S. The lowest BCUT2D eigenvalue weighted by Gasteiger charge is -2.48. The van der Waals surface area contributed by atoms with Crippen LogP contribution in [0.1, 0.15) is 6.42 Å². The van der Waals surface area contributed by atoms with Crippen molar-refractivity contribution < 1.29 is 24.2 Å². The molecule has 3 rings (SSSR count). The highest BCUT2D eigenvalue weighted by atomic mass is 32.2. The smallest absolute Gasteiger partial charge is 0.352 e. The van der Waals surface area contributed by atoms with Crippen molar-refractivity contribution in [1.29, 1.82) is 0 Å². The van der Waals surface area contributed by atoms with E-state index in [1.165, 1.54) is 22.7 Å². The molecule has 0 bridgehead atoms. The van der Waals surface area contributed by atoms with Gasteiger partial charge in [0.25, 0.3) is 0 Å². The zero-order valence-electron chi connectivity index (χ0n) is 10.3. The van der Waals surface area contributed by atoms with Gasteiger partial charge in [-0.2, -0.15) is 0 Å². The van der Waals surface area contributed by atoms with E-state index >= 15 is 0 Å². The van der Waals surface area contributed by atoms with E-state index in [0.717, 1.165) is 0 Å². The summed E-state index contributed by atoms with van der Waals surface area (Å²) in [6.45, 7) is 0. The lowest BCUT2D eigenvalue weighted by atomic mass is 10.0. The van der Waals surface area contributed by atoms with Crippen LogP contribution in [0.4, 0.5) is 0 Å². The molecule has 0 saturated carbocycles. The van der Waals surface area contributed by atoms with Crippen LogP contribution in [0.15, 0.2) is 23.4 Å². The second-order valence-electron chi connectivity index (χ2n) is 4.73. The number of carboxylic acids is 1. The fourth-order valence-electron chi connectivity index (χ4n) is 2.50. The van der Waals surface area contributed by atoms with Crippen LogP contribution in [0.3, 0.4) is 0 Å². The number of amides is 1. The van der Waals surface area contributed by atoms with Crippen molar-refractivity contribution in [3.8, 4) is 0 Å². The second kappa shape index (κ2) is 4.64. The predicted molar refractivity (Wildman–Crippen MR) is 69.4 cm³/mol. The molecule has 0 radical (unpaired) electrons. The number of carbonyl (C=O) groups excluding carboxylic acids is 2. The molecule has 1 saturated heterocycles. The minimum Gasteiger partial charge on any atom is -0.477 e. The van der Waals surface area contributed by atoms with Gasteiger partial charge in [-0.25, -0.2) is 9.59 Å². The Morgan fingerprint density at radius 1 is 1.55 bits per heavy atom. The molecular weight excluding hydrogens is 284 g/mol. The second-order valence-corrected chi connectivity index (χ2v) is 5.84. The Morgan fingerprint density at radius 3 is 2.90 bits per heavy atom. The first kappa shape index (κ1) is 13.2. The lowest BCUT2D eigenvalue weighted by molar-refractivity contribution is -0.148. The highest BCUT2D eigenvalue weighted by Gasteiger charge is 2.51. The summed E-state index contributed by atoms with van der Waals surface area (Å²) in [6.07, 6.45) is 2.72. The van der Waals surface area contributed by atoms with Gasteiger partial charge in [0.05, 0.1) is 0 Å². The first-order valence-electron chi connectivity index (χ1n) is 6.03. The molecule has 0 aromatic carbocycles. The van der Waals surface area contributed by atoms with E-state index in [9.17, 15) is 19.5 Å². The molecule has 0 aromatic rings. The number of nitrogens with zero attached hydrogens (tertiary/aromatic N) is 1. The molecule has 0 aliphatic carbocycles. The standard InChI is InChI=1S/C12H12N2O5S/c13-8-10(16)14-9(12(17)18)5(4-20-11(8)14)3-6-1-2-7(15)19-6/h1-2,6,8,11H,3-4,13H2,(H,17,18)/t6?,8?,11-/m1/s1. The number of nitrogens with two attached hydrogens (primary N) is 1. The van der Waals surface area contributed by atoms with Crippen LogP contribution in [-0.4, -0.2) is 51.1 Å². The van der Waals surface area contributed by atoms with Crippen LogP contribution in [0, 0.1) is 0 Å². The van der Waals surface area contributed by atoms with Gasteiger partial charge in [0.1, 0.15) is 23.2 Å². The van der Waals surface area contributed by atoms with Crippen molar-refractivity contribution >= 4 is 29.6 Å². The number of ether oxygens (including phenoxy) is 1. The Balaban J connectivity index is 1.86. The molecule has 7 nitrogen and oxygen atoms in total. The van der Waals surface area contributed by atoms with E-state index in [1.54, 1.807) is 6.08 Å². The third kappa shape index (κ3) is 1.92. The summed E-state index contributed by atoms with van der Waals surface area (Å²) in [5, 5.41) is 9.03. The number of esters is 1. The summed E-state index contributed by atoms with van der Waals surface area (Å²) in [4.78, 5) is 35.4. The Kier molecular flexibility index (Phi) is 3.06. The van der Waals surface area contributed by atoms with Gasteiger partial charge in [-0.1, -0.05) is 0 Å². The van der Waals surface area contributed by atoms with Crippen LogP contribution in [0.5, 0.6) is 0 Å². The van der Waals surface area contributed by atoms with Gasteiger partial charge < -0.3 is 15.6 Å². The molecule has 20 heavy (non-hydrogen) atoms. The predicted octanol–water partition coefficient (Wildman–Crippen LogP) is -0.561. The third-order valence-corrected chi connectivity index (χ3v) is 4.81. The number of fused-ring (bicyclic) bond motifs is 1. The van der Waals surface area contributed by atoms with Crippen LogP contribution in [0.25, 0.3) is 0 Å². The first-order valence-corrected chi connectivity index (χ1v) is 7.08. The highest BCUT2D eigenvalue weighted by molar-refractivity contribution is 8.00. The van der Waals surface area contributed by atoms with Gasteiger partial charge in [-0.3, -0.25) is 9.69 Å². The quantitative estimate of drug-likeness (QED) is 0.530. The summed E-state index contributed by atoms with van der Waals surface area (Å²) < 4.78 is 5.01. The van der Waals surface area contributed by atoms with Gasteiger partial charge in [-0.05, 0) is 11.6 Å². The van der Waals surface area contributed by atoms with Crippen molar-refractivity contribution in [3.05, 3.63) is 23.4 Å². The molecule has 0 spiro atoms. The van der Waals surface area contributed by atoms with Gasteiger partial charge >= 0.3 is 11.9 Å². The van der Waals surface area contributed by atoms with Crippen LogP contribution >= 0.6 is 11.8 Å². The van der Waals surface area contributed by atoms with Gasteiger partial charge in [0, 0.05) is 18.2 Å². The summed E-state index contributed by atoms with van der Waals surface area (Å²) in [6, 6.07) is -0.639. The minimum atomic E-state index is -1.15. The Bertz CT molecular complexity index is 570. The minimum absolute atomic E-state index is 0.0169. The van der Waals surface area contributed by atoms with E-state index in [2.05, 4.69) is 0 Å². The van der Waals surface area contributed by atoms with Crippen LogP contribution < -0.4 is 5.73 Å². The maximum atomic E-state index is 11.7. The Labute approximate surface area is 118 Å². The van der Waals surface area contributed by atoms with Crippen molar-refractivity contribution in [2.45, 2.75) is 23.9 Å². The average Bonchev–Trinajstić information content (AvgIpc) is 2.82. The maximum Gasteiger partial charge on any atom is 0.352 e. The molecule has 3 N–H and O–H groups in total. The van der Waals surface area contributed by atoms with Gasteiger partial charge in [0.15, 0.2) is 0 Å². The number of thioether (sulfide) groups is 1. The van der Waals surface area contributed by atoms with Gasteiger partial charge in [-0.15, -0.1) is 11.8 Å². The molecule has 1 amide bonds. The van der Waals surface area contributed by atoms with E-state index in [1.807, 2.05) is 0 Å². The van der Waals surface area contributed by atoms with E-state index in [-0.39, 0.29) is 23.4 Å². The zero-order valence-corrected chi connectivity index (χ0v) is 11.1. The summed E-state index contributed by atoms with van der Waals surface area (Å²) in [5.74, 6) is -1.50. The van der Waals surface area contributed by atoms with E-state index in [4.69, 9.17) is 10.5 Å². The van der Waals surface area contributed by atoms with Gasteiger partial charge in [0.2, 0.25) is 5.91 Å². The lowest BCUT2D eigenvalue weighted by Crippen LogP contribution is -2.68. The number of hydrogen-bond donors (Lipinski definition) is 2. The molecule has 8 heteroatoms. The topological polar surface area (TPSA) is 110 Å². The number of rotatable bonds is 3. The number of aliphatic carboxylic acids is 1. The Morgan fingerprint density at radius 2 is 2.30 bits per heavy atom. The maximum absolute atomic E-state index is 11.7. The van der Waals surface area contributed by atoms with E-state index in [0.29, 0.717) is 11.3 Å². The van der Waals surface area contributed by atoms with E-state index < -0.39 is 24.1 Å². The number of carbonyl (C=O) groups is 3. The molecule has 0 aromatic heterocycles. The Hall–Kier alpha value is -1.80. The largest absolute Gasteiger partial charge is 0.477 e. The van der Waals surface area contributed by atoms with Crippen molar-refractivity contribution in [2.75, 3.05) is 5.75 Å². The normalized spacial score (nSPS) is 32.0. The molecule has 3 aliphatic rings. The molecule has 3 heterocycles. The third-order valence-electron chi connectivity index (χ3n) is 3.45. The molecule has 1 fully saturated rings. The number of hydrogen-bond acceptors (Lipinski definition) is 6. The average molecular weight is 296 g/mol. The van der Waals surface area contributed by atoms with Crippen LogP contribution in [-0.2, 0) is 19.1 Å². The monoisotopic (exact) mass is 296 g/mol. The van der Waals surface area contributed by atoms with Crippen molar-refractivity contribution in [2.24, 2.45) is 5.73 Å². The zero-order chi connectivity index (χ0) is 14.4. The van der Waals surface area contributed by atoms with Crippen LogP contribution in [0.2, 0.25) is 0 Å². The molecule has 3 aliphatic heterocycles. The number of β-lactam (4-membered cyclic amide) rings is 1. The molecule has 106 valence electrons. The first-order chi connectivity index (χ1) is 9.49. The summed E-state index contributed by atoms with van der Waals surface area (Å²) >= 11 is 1.43. The SMILES string of the molecule is NC1C(=O)N2C(C(=O)O)=C(CC3C=CC(=O)O3)CS[C@H]12. The van der Waals surface area contributed by atoms with Crippen molar-refractivity contribution in [1.82, 2.24) is 4.90 Å². The fraction of sp³-hybridized carbons (Fsp3) is 0.417. The summed E-state index contributed by atoms with van der Waals surface area (Å²) in [5.41, 5.74) is 6.23. The molecule has 3 atom stereocenters. The molecule has 2 unspecified atom stereocenters. The van der Waals surface area contributed by atoms with Crippen molar-refractivity contribution in [3.63, 3.8) is 0 Å². The highest BCUT2D eigenvalue weighted by Crippen LogP contribution is 2.40. The number of cyclic esters (lactones) is 1.